The summed E-state index contributed by atoms with van der Waals surface area (Å²) >= 11 is 5.76. The average Bonchev–Trinajstić information content (AvgIpc) is 3.16. The third-order valence-electron chi connectivity index (χ3n) is 3.96. The van der Waals surface area contributed by atoms with E-state index in [9.17, 15) is 21.2 Å². The molecule has 1 unspecified atom stereocenters. The molecule has 3 aromatic rings. The monoisotopic (exact) mass is 443 g/mol. The molecule has 0 saturated heterocycles. The van der Waals surface area contributed by atoms with Crippen LogP contribution >= 0.6 is 11.6 Å². The van der Waals surface area contributed by atoms with Gasteiger partial charge in [0.25, 0.3) is 0 Å². The number of furan rings is 1. The van der Waals surface area contributed by atoms with Gasteiger partial charge in [-0.1, -0.05) is 11.6 Å². The standard InChI is InChI=1S/C18H15ClFNO5S2/c19-13-3-7-16(8-4-13)28(24,25)21-12-18(17-2-1-11-26-17)27(22,23)15-9-5-14(20)6-10-15/h1-11,18,21H,12H2. The number of sulfonamides is 1. The molecule has 0 saturated carbocycles. The maximum atomic E-state index is 13.2. The third kappa shape index (κ3) is 4.44. The highest BCUT2D eigenvalue weighted by atomic mass is 35.5. The van der Waals surface area contributed by atoms with Crippen molar-refractivity contribution in [2.45, 2.75) is 15.0 Å². The maximum Gasteiger partial charge on any atom is 0.240 e. The Kier molecular flexibility index (Phi) is 5.90. The summed E-state index contributed by atoms with van der Waals surface area (Å²) in [7, 11) is -8.05. The summed E-state index contributed by atoms with van der Waals surface area (Å²) in [6.07, 6.45) is 1.29. The Hall–Kier alpha value is -2.20. The van der Waals surface area contributed by atoms with Crippen LogP contribution in [-0.4, -0.2) is 23.4 Å². The van der Waals surface area contributed by atoms with Crippen molar-refractivity contribution < 1.29 is 25.6 Å². The molecule has 2 aromatic carbocycles. The Morgan fingerprint density at radius 2 is 1.54 bits per heavy atom. The van der Waals surface area contributed by atoms with Crippen molar-refractivity contribution in [3.8, 4) is 0 Å². The Morgan fingerprint density at radius 1 is 0.929 bits per heavy atom. The van der Waals surface area contributed by atoms with Crippen molar-refractivity contribution >= 4 is 31.5 Å². The lowest BCUT2D eigenvalue weighted by molar-refractivity contribution is 0.486. The molecule has 1 heterocycles. The number of hydrogen-bond donors (Lipinski definition) is 1. The molecular formula is C18H15ClFNO5S2. The van der Waals surface area contributed by atoms with Gasteiger partial charge in [0.15, 0.2) is 9.84 Å². The van der Waals surface area contributed by atoms with E-state index >= 15 is 0 Å². The lowest BCUT2D eigenvalue weighted by atomic mass is 10.3. The zero-order valence-electron chi connectivity index (χ0n) is 14.2. The average molecular weight is 444 g/mol. The van der Waals surface area contributed by atoms with E-state index in [4.69, 9.17) is 16.0 Å². The zero-order chi connectivity index (χ0) is 20.4. The number of nitrogens with one attached hydrogen (secondary N) is 1. The number of benzene rings is 2. The summed E-state index contributed by atoms with van der Waals surface area (Å²) in [5.74, 6) is -0.528. The highest BCUT2D eigenvalue weighted by molar-refractivity contribution is 7.92. The first-order chi connectivity index (χ1) is 13.2. The molecule has 0 radical (unpaired) electrons. The summed E-state index contributed by atoms with van der Waals surface area (Å²) in [6.45, 7) is -0.474. The fourth-order valence-electron chi connectivity index (χ4n) is 2.51. The van der Waals surface area contributed by atoms with E-state index in [1.54, 1.807) is 0 Å². The van der Waals surface area contributed by atoms with Gasteiger partial charge in [-0.3, -0.25) is 0 Å². The van der Waals surface area contributed by atoms with Gasteiger partial charge in [0.1, 0.15) is 16.8 Å². The fraction of sp³-hybridized carbons (Fsp3) is 0.111. The molecule has 1 N–H and O–H groups in total. The van der Waals surface area contributed by atoms with Crippen LogP contribution < -0.4 is 4.72 Å². The van der Waals surface area contributed by atoms with Crippen molar-refractivity contribution in [2.24, 2.45) is 0 Å². The first-order valence-electron chi connectivity index (χ1n) is 7.98. The minimum atomic E-state index is -4.06. The largest absolute Gasteiger partial charge is 0.468 e. The third-order valence-corrected chi connectivity index (χ3v) is 7.73. The molecule has 28 heavy (non-hydrogen) atoms. The van der Waals surface area contributed by atoms with Gasteiger partial charge in [-0.25, -0.2) is 25.9 Å². The summed E-state index contributed by atoms with van der Waals surface area (Å²) in [5, 5.41) is -0.971. The molecule has 0 aliphatic heterocycles. The van der Waals surface area contributed by atoms with Gasteiger partial charge in [0, 0.05) is 11.6 Å². The Bertz CT molecular complexity index is 1140. The summed E-state index contributed by atoms with van der Waals surface area (Å²) in [5.41, 5.74) is 0. The van der Waals surface area contributed by atoms with E-state index in [1.807, 2.05) is 0 Å². The van der Waals surface area contributed by atoms with Crippen LogP contribution in [-0.2, 0) is 19.9 Å². The van der Waals surface area contributed by atoms with Gasteiger partial charge in [0.2, 0.25) is 10.0 Å². The van der Waals surface area contributed by atoms with Crippen molar-refractivity contribution in [1.29, 1.82) is 0 Å². The van der Waals surface area contributed by atoms with Crippen LogP contribution in [0.3, 0.4) is 0 Å². The van der Waals surface area contributed by atoms with Gasteiger partial charge in [0.05, 0.1) is 16.1 Å². The van der Waals surface area contributed by atoms with E-state index < -0.39 is 37.5 Å². The SMILES string of the molecule is O=S(=O)(NCC(c1ccco1)S(=O)(=O)c1ccc(F)cc1)c1ccc(Cl)cc1. The van der Waals surface area contributed by atoms with Gasteiger partial charge in [-0.05, 0) is 60.7 Å². The second-order valence-corrected chi connectivity index (χ2v) is 10.1. The Morgan fingerprint density at radius 3 is 2.11 bits per heavy atom. The molecular weight excluding hydrogens is 429 g/mol. The van der Waals surface area contributed by atoms with Gasteiger partial charge < -0.3 is 4.42 Å². The molecule has 0 aliphatic rings. The molecule has 0 aliphatic carbocycles. The van der Waals surface area contributed by atoms with Crippen LogP contribution in [0.1, 0.15) is 11.0 Å². The first kappa shape index (κ1) is 20.5. The maximum absolute atomic E-state index is 13.2. The zero-order valence-corrected chi connectivity index (χ0v) is 16.6. The second kappa shape index (κ2) is 8.04. The molecule has 0 amide bonds. The van der Waals surface area contributed by atoms with Crippen LogP contribution in [0, 0.1) is 5.82 Å². The number of halogens is 2. The van der Waals surface area contributed by atoms with Gasteiger partial charge in [-0.2, -0.15) is 0 Å². The van der Waals surface area contributed by atoms with Crippen LogP contribution in [0.4, 0.5) is 4.39 Å². The fourth-order valence-corrected chi connectivity index (χ4v) is 5.37. The van der Waals surface area contributed by atoms with E-state index in [0.717, 1.165) is 24.3 Å². The summed E-state index contributed by atoms with van der Waals surface area (Å²) < 4.78 is 71.7. The van der Waals surface area contributed by atoms with E-state index in [0.29, 0.717) is 5.02 Å². The van der Waals surface area contributed by atoms with Crippen molar-refractivity contribution in [2.75, 3.05) is 6.54 Å². The molecule has 0 fully saturated rings. The molecule has 10 heteroatoms. The number of hydrogen-bond acceptors (Lipinski definition) is 5. The lowest BCUT2D eigenvalue weighted by Gasteiger charge is -2.17. The molecule has 0 bridgehead atoms. The highest BCUT2D eigenvalue weighted by Gasteiger charge is 2.33. The van der Waals surface area contributed by atoms with Gasteiger partial charge >= 0.3 is 0 Å². The quantitative estimate of drug-likeness (QED) is 0.563. The van der Waals surface area contributed by atoms with Crippen molar-refractivity contribution in [3.63, 3.8) is 0 Å². The van der Waals surface area contributed by atoms with E-state index in [-0.39, 0.29) is 15.6 Å². The predicted molar refractivity (Wildman–Crippen MR) is 102 cm³/mol. The van der Waals surface area contributed by atoms with Gasteiger partial charge in [-0.15, -0.1) is 0 Å². The molecule has 3 rings (SSSR count). The topological polar surface area (TPSA) is 93.4 Å². The van der Waals surface area contributed by atoms with Crippen LogP contribution in [0.15, 0.2) is 81.1 Å². The summed E-state index contributed by atoms with van der Waals surface area (Å²) in [4.78, 5) is -0.213. The summed E-state index contributed by atoms with van der Waals surface area (Å²) in [6, 6.07) is 12.6. The van der Waals surface area contributed by atoms with E-state index in [1.165, 1.54) is 42.7 Å². The Balaban J connectivity index is 1.91. The van der Waals surface area contributed by atoms with Crippen LogP contribution in [0.25, 0.3) is 0 Å². The van der Waals surface area contributed by atoms with Crippen molar-refractivity contribution in [3.05, 3.63) is 83.5 Å². The smallest absolute Gasteiger partial charge is 0.240 e. The number of rotatable bonds is 7. The lowest BCUT2D eigenvalue weighted by Crippen LogP contribution is -2.31. The predicted octanol–water partition coefficient (Wildman–Crippen LogP) is 3.57. The highest BCUT2D eigenvalue weighted by Crippen LogP contribution is 2.29. The molecule has 1 aromatic heterocycles. The van der Waals surface area contributed by atoms with Crippen molar-refractivity contribution in [1.82, 2.24) is 4.72 Å². The molecule has 6 nitrogen and oxygen atoms in total. The minimum absolute atomic E-state index is 0.0585. The normalized spacial score (nSPS) is 13.4. The molecule has 0 spiro atoms. The second-order valence-electron chi connectivity index (χ2n) is 5.81. The molecule has 148 valence electrons. The minimum Gasteiger partial charge on any atom is -0.468 e. The van der Waals surface area contributed by atoms with E-state index in [2.05, 4.69) is 4.72 Å². The Labute approximate surface area is 166 Å². The van der Waals surface area contributed by atoms with Crippen LogP contribution in [0.5, 0.6) is 0 Å². The molecule has 1 atom stereocenters. The van der Waals surface area contributed by atoms with Crippen LogP contribution in [0.2, 0.25) is 5.02 Å². The number of sulfone groups is 1. The first-order valence-corrected chi connectivity index (χ1v) is 11.4.